The summed E-state index contributed by atoms with van der Waals surface area (Å²) in [4.78, 5) is 31.1. The van der Waals surface area contributed by atoms with Gasteiger partial charge in [0.1, 0.15) is 11.5 Å². The summed E-state index contributed by atoms with van der Waals surface area (Å²) in [6.07, 6.45) is 1.06. The lowest BCUT2D eigenvalue weighted by atomic mass is 9.99. The van der Waals surface area contributed by atoms with Crippen molar-refractivity contribution < 1.29 is 19.1 Å². The van der Waals surface area contributed by atoms with E-state index in [0.29, 0.717) is 43.9 Å². The molecule has 1 aromatic heterocycles. The van der Waals surface area contributed by atoms with Crippen molar-refractivity contribution in [2.24, 2.45) is 0 Å². The Kier molecular flexibility index (Phi) is 6.31. The van der Waals surface area contributed by atoms with Crippen LogP contribution in [0.15, 0.2) is 18.2 Å². The van der Waals surface area contributed by atoms with Crippen LogP contribution in [-0.4, -0.2) is 74.5 Å². The summed E-state index contributed by atoms with van der Waals surface area (Å²) in [6.45, 7) is 10.9. The van der Waals surface area contributed by atoms with Crippen molar-refractivity contribution in [1.82, 2.24) is 24.7 Å². The number of rotatable bonds is 4. The molecule has 2 aliphatic rings. The van der Waals surface area contributed by atoms with Gasteiger partial charge in [-0.1, -0.05) is 0 Å². The number of nitrogens with zero attached hydrogens (tertiary/aromatic N) is 6. The molecule has 4 rings (SSSR count). The fraction of sp³-hybridized carbons (Fsp3) is 0.455. The van der Waals surface area contributed by atoms with Crippen molar-refractivity contribution in [3.05, 3.63) is 52.4 Å². The first kappa shape index (κ1) is 22.7. The molecular formula is C22H26FN7O3. The number of amides is 3. The Balaban J connectivity index is 1.57. The topological polar surface area (TPSA) is 98.3 Å². The van der Waals surface area contributed by atoms with Crippen molar-refractivity contribution in [1.29, 1.82) is 0 Å². The number of hydrogen-bond acceptors (Lipinski definition) is 5. The number of halogens is 1. The molecule has 0 fully saturated rings. The van der Waals surface area contributed by atoms with Crippen LogP contribution < -0.4 is 5.32 Å². The second kappa shape index (κ2) is 9.17. The van der Waals surface area contributed by atoms with E-state index in [1.807, 2.05) is 11.9 Å². The summed E-state index contributed by atoms with van der Waals surface area (Å²) in [6, 6.07) is 3.30. The van der Waals surface area contributed by atoms with Crippen molar-refractivity contribution >= 4 is 23.3 Å². The van der Waals surface area contributed by atoms with E-state index in [2.05, 4.69) is 15.3 Å². The van der Waals surface area contributed by atoms with E-state index in [-0.39, 0.29) is 30.8 Å². The van der Waals surface area contributed by atoms with E-state index >= 15 is 0 Å². The van der Waals surface area contributed by atoms with Gasteiger partial charge in [0.2, 0.25) is 5.69 Å². The Morgan fingerprint density at radius 1 is 1.39 bits per heavy atom. The number of benzene rings is 1. The van der Waals surface area contributed by atoms with Gasteiger partial charge in [0.15, 0.2) is 0 Å². The quantitative estimate of drug-likeness (QED) is 0.689. The van der Waals surface area contributed by atoms with Gasteiger partial charge >= 0.3 is 6.03 Å². The van der Waals surface area contributed by atoms with Crippen molar-refractivity contribution in [3.8, 4) is 0 Å². The van der Waals surface area contributed by atoms with Crippen LogP contribution >= 0.6 is 0 Å². The Bertz CT molecular complexity index is 1130. The van der Waals surface area contributed by atoms with Gasteiger partial charge in [-0.25, -0.2) is 19.0 Å². The molecule has 2 aromatic rings. The standard InChI is InChI=1S/C22H26FN7O3/c1-14-11-18-16(13-29(14)22(33)25-15-5-6-17(23)19(12-15)24-2)20-21(32)27(3)28(7-4-10-31)8-9-30(20)26-18/h5-6,12,14,31H,4,7-11,13H2,1,3H3,(H,25,33). The molecule has 3 amide bonds. The highest BCUT2D eigenvalue weighted by atomic mass is 19.1. The van der Waals surface area contributed by atoms with E-state index in [0.717, 1.165) is 17.3 Å². The van der Waals surface area contributed by atoms with Crippen LogP contribution in [0.3, 0.4) is 0 Å². The van der Waals surface area contributed by atoms with Crippen molar-refractivity contribution in [2.75, 3.05) is 32.1 Å². The van der Waals surface area contributed by atoms with E-state index in [4.69, 9.17) is 11.7 Å². The fourth-order valence-corrected chi connectivity index (χ4v) is 4.30. The molecule has 10 nitrogen and oxygen atoms in total. The van der Waals surface area contributed by atoms with Crippen LogP contribution in [0.25, 0.3) is 4.85 Å². The Morgan fingerprint density at radius 3 is 2.91 bits per heavy atom. The number of aromatic nitrogens is 2. The summed E-state index contributed by atoms with van der Waals surface area (Å²) >= 11 is 0. The molecule has 2 aliphatic heterocycles. The van der Waals surface area contributed by atoms with Gasteiger partial charge in [-0.3, -0.25) is 14.5 Å². The molecule has 1 atom stereocenters. The molecule has 0 bridgehead atoms. The predicted molar refractivity (Wildman–Crippen MR) is 118 cm³/mol. The normalized spacial score (nSPS) is 18.4. The maximum Gasteiger partial charge on any atom is 0.322 e. The molecule has 3 heterocycles. The molecular weight excluding hydrogens is 429 g/mol. The van der Waals surface area contributed by atoms with Gasteiger partial charge in [0.25, 0.3) is 5.91 Å². The molecule has 33 heavy (non-hydrogen) atoms. The van der Waals surface area contributed by atoms with Gasteiger partial charge in [0, 0.05) is 50.5 Å². The number of anilines is 1. The Labute approximate surface area is 191 Å². The van der Waals surface area contributed by atoms with Crippen LogP contribution in [0.2, 0.25) is 0 Å². The number of carbonyl (C=O) groups excluding carboxylic acids is 2. The highest BCUT2D eigenvalue weighted by molar-refractivity contribution is 5.95. The first-order chi connectivity index (χ1) is 15.8. The number of fused-ring (bicyclic) bond motifs is 3. The fourth-order valence-electron chi connectivity index (χ4n) is 4.30. The number of aliphatic hydroxyl groups is 1. The molecule has 11 heteroatoms. The minimum absolute atomic E-state index is 0.0475. The lowest BCUT2D eigenvalue weighted by molar-refractivity contribution is 0.00516. The van der Waals surface area contributed by atoms with Crippen LogP contribution in [-0.2, 0) is 19.5 Å². The zero-order valence-electron chi connectivity index (χ0n) is 18.6. The Morgan fingerprint density at radius 2 is 2.18 bits per heavy atom. The number of hydrogen-bond donors (Lipinski definition) is 2. The van der Waals surface area contributed by atoms with Gasteiger partial charge in [0.05, 0.1) is 25.4 Å². The monoisotopic (exact) mass is 455 g/mol. The van der Waals surface area contributed by atoms with Crippen LogP contribution in [0.4, 0.5) is 20.6 Å². The van der Waals surface area contributed by atoms with Crippen LogP contribution in [0.1, 0.15) is 35.1 Å². The molecule has 0 spiro atoms. The van der Waals surface area contributed by atoms with Gasteiger partial charge in [-0.05, 0) is 31.5 Å². The van der Waals surface area contributed by atoms with E-state index < -0.39 is 11.8 Å². The molecule has 174 valence electrons. The van der Waals surface area contributed by atoms with Crippen LogP contribution in [0.5, 0.6) is 0 Å². The maximum atomic E-state index is 13.6. The van der Waals surface area contributed by atoms with Gasteiger partial charge < -0.3 is 15.3 Å². The number of hydrazine groups is 1. The number of urea groups is 1. The first-order valence-corrected chi connectivity index (χ1v) is 10.8. The number of nitrogens with one attached hydrogen (secondary N) is 1. The van der Waals surface area contributed by atoms with Gasteiger partial charge in [-0.15, -0.1) is 0 Å². The Hall–Kier alpha value is -3.49. The largest absolute Gasteiger partial charge is 0.396 e. The molecule has 2 N–H and O–H groups in total. The van der Waals surface area contributed by atoms with Gasteiger partial charge in [-0.2, -0.15) is 5.10 Å². The second-order valence-electron chi connectivity index (χ2n) is 8.25. The minimum atomic E-state index is -0.641. The highest BCUT2D eigenvalue weighted by Crippen LogP contribution is 2.29. The predicted octanol–water partition coefficient (Wildman–Crippen LogP) is 2.24. The average molecular weight is 455 g/mol. The summed E-state index contributed by atoms with van der Waals surface area (Å²) < 4.78 is 15.3. The third kappa shape index (κ3) is 4.27. The summed E-state index contributed by atoms with van der Waals surface area (Å²) in [5.74, 6) is -0.841. The smallest absolute Gasteiger partial charge is 0.322 e. The van der Waals surface area contributed by atoms with Crippen molar-refractivity contribution in [2.45, 2.75) is 38.9 Å². The number of carbonyl (C=O) groups is 2. The SMILES string of the molecule is [C-]#[N+]c1cc(NC(=O)N2Cc3c(nn4c3C(=O)N(C)N(CCCO)CC4)CC2C)ccc1F. The summed E-state index contributed by atoms with van der Waals surface area (Å²) in [7, 11) is 1.70. The molecule has 1 aromatic carbocycles. The molecule has 0 radical (unpaired) electrons. The minimum Gasteiger partial charge on any atom is -0.396 e. The van der Waals surface area contributed by atoms with E-state index in [9.17, 15) is 14.0 Å². The highest BCUT2D eigenvalue weighted by Gasteiger charge is 2.37. The summed E-state index contributed by atoms with van der Waals surface area (Å²) in [5, 5.41) is 20.0. The molecule has 0 aliphatic carbocycles. The zero-order chi connectivity index (χ0) is 23.7. The second-order valence-corrected chi connectivity index (χ2v) is 8.25. The molecule has 0 saturated carbocycles. The summed E-state index contributed by atoms with van der Waals surface area (Å²) in [5.41, 5.74) is 2.17. The number of aliphatic hydroxyl groups excluding tert-OH is 1. The first-order valence-electron chi connectivity index (χ1n) is 10.8. The lowest BCUT2D eigenvalue weighted by Gasteiger charge is -2.34. The van der Waals surface area contributed by atoms with E-state index in [1.54, 1.807) is 21.6 Å². The average Bonchev–Trinajstić information content (AvgIpc) is 3.10. The maximum absolute atomic E-state index is 13.6. The lowest BCUT2D eigenvalue weighted by Crippen LogP contribution is -2.46. The zero-order valence-corrected chi connectivity index (χ0v) is 18.6. The molecule has 0 saturated heterocycles. The van der Waals surface area contributed by atoms with E-state index in [1.165, 1.54) is 12.1 Å². The van der Waals surface area contributed by atoms with Crippen LogP contribution in [0, 0.1) is 12.4 Å². The third-order valence-corrected chi connectivity index (χ3v) is 6.13. The van der Waals surface area contributed by atoms with Crippen molar-refractivity contribution in [3.63, 3.8) is 0 Å². The molecule has 1 unspecified atom stereocenters. The third-order valence-electron chi connectivity index (χ3n) is 6.13.